The first-order valence-corrected chi connectivity index (χ1v) is 7.05. The third kappa shape index (κ3) is 3.49. The summed E-state index contributed by atoms with van der Waals surface area (Å²) >= 11 is 0. The maximum Gasteiger partial charge on any atom is 0.222 e. The van der Waals surface area contributed by atoms with Gasteiger partial charge in [-0.15, -0.1) is 0 Å². The van der Waals surface area contributed by atoms with Crippen LogP contribution < -0.4 is 16.8 Å². The summed E-state index contributed by atoms with van der Waals surface area (Å²) in [6, 6.07) is 1.70. The highest BCUT2D eigenvalue weighted by Crippen LogP contribution is 2.25. The maximum absolute atomic E-state index is 9.68. The Labute approximate surface area is 123 Å². The van der Waals surface area contributed by atoms with Crippen LogP contribution >= 0.6 is 0 Å². The van der Waals surface area contributed by atoms with Gasteiger partial charge in [-0.05, 0) is 19.4 Å². The van der Waals surface area contributed by atoms with Gasteiger partial charge >= 0.3 is 0 Å². The average molecular weight is 290 g/mol. The number of hydrogen-bond acceptors (Lipinski definition) is 7. The van der Waals surface area contributed by atoms with E-state index in [1.807, 2.05) is 6.92 Å². The summed E-state index contributed by atoms with van der Waals surface area (Å²) in [5, 5.41) is 12.9. The van der Waals surface area contributed by atoms with E-state index in [0.717, 1.165) is 19.3 Å². The number of unbranched alkanes of at least 4 members (excludes halogenated alkanes) is 1. The van der Waals surface area contributed by atoms with Crippen LogP contribution in [0, 0.1) is 0 Å². The molecular formula is C14H22N6O. The normalized spacial score (nSPS) is 14.0. The van der Waals surface area contributed by atoms with Crippen molar-refractivity contribution in [3.05, 3.63) is 12.3 Å². The van der Waals surface area contributed by atoms with Gasteiger partial charge in [-0.1, -0.05) is 19.8 Å². The minimum atomic E-state index is -0.479. The molecule has 2 aromatic rings. The highest BCUT2D eigenvalue weighted by atomic mass is 16.3. The molecule has 7 heteroatoms. The van der Waals surface area contributed by atoms with Crippen molar-refractivity contribution in [3.63, 3.8) is 0 Å². The van der Waals surface area contributed by atoms with E-state index in [2.05, 4.69) is 27.2 Å². The Kier molecular flexibility index (Phi) is 4.42. The van der Waals surface area contributed by atoms with Crippen molar-refractivity contribution in [1.29, 1.82) is 0 Å². The number of nitrogens with two attached hydrogens (primary N) is 2. The second kappa shape index (κ2) is 6.09. The van der Waals surface area contributed by atoms with Crippen molar-refractivity contribution in [2.24, 2.45) is 0 Å². The molecule has 0 fully saturated rings. The Morgan fingerprint density at radius 1 is 1.33 bits per heavy atom. The second-order valence-corrected chi connectivity index (χ2v) is 5.51. The zero-order valence-corrected chi connectivity index (χ0v) is 12.4. The molecule has 0 amide bonds. The number of anilines is 3. The number of pyridine rings is 1. The van der Waals surface area contributed by atoms with Gasteiger partial charge in [0, 0.05) is 0 Å². The molecule has 1 atom stereocenters. The first-order valence-electron chi connectivity index (χ1n) is 7.05. The molecule has 2 rings (SSSR count). The number of fused-ring (bicyclic) bond motifs is 1. The minimum Gasteiger partial charge on any atom is -0.397 e. The van der Waals surface area contributed by atoms with Crippen LogP contribution in [0.1, 0.15) is 33.1 Å². The summed E-state index contributed by atoms with van der Waals surface area (Å²) in [7, 11) is 0. The summed E-state index contributed by atoms with van der Waals surface area (Å²) in [4.78, 5) is 12.6. The van der Waals surface area contributed by atoms with Gasteiger partial charge in [0.25, 0.3) is 0 Å². The fraction of sp³-hybridized carbons (Fsp3) is 0.500. The second-order valence-electron chi connectivity index (χ2n) is 5.51. The van der Waals surface area contributed by atoms with Gasteiger partial charge in [0.2, 0.25) is 5.95 Å². The summed E-state index contributed by atoms with van der Waals surface area (Å²) in [6.45, 7) is 4.05. The topological polar surface area (TPSA) is 123 Å². The zero-order chi connectivity index (χ0) is 15.5. The number of aliphatic hydroxyl groups excluding tert-OH is 1. The fourth-order valence-electron chi connectivity index (χ4n) is 2.17. The third-order valence-electron chi connectivity index (χ3n) is 3.43. The van der Waals surface area contributed by atoms with Crippen molar-refractivity contribution >= 4 is 28.5 Å². The predicted octanol–water partition coefficient (Wildman–Crippen LogP) is 1.54. The molecule has 2 heterocycles. The number of aliphatic hydroxyl groups is 1. The molecule has 0 saturated heterocycles. The molecule has 0 saturated carbocycles. The molecule has 114 valence electrons. The van der Waals surface area contributed by atoms with Crippen molar-refractivity contribution in [3.8, 4) is 0 Å². The van der Waals surface area contributed by atoms with Gasteiger partial charge in [-0.2, -0.15) is 4.98 Å². The van der Waals surface area contributed by atoms with Crippen LogP contribution in [-0.2, 0) is 0 Å². The van der Waals surface area contributed by atoms with Crippen LogP contribution in [0.4, 0.5) is 17.5 Å². The Hall–Kier alpha value is -2.15. The Morgan fingerprint density at radius 2 is 2.10 bits per heavy atom. The van der Waals surface area contributed by atoms with Crippen molar-refractivity contribution in [2.75, 3.05) is 23.4 Å². The standard InChI is InChI=1S/C14H22N6O/c1-3-4-5-14(2,8-21)20-12-11-10(18-13(16)19-12)6-9(15)7-17-11/h6-7,21H,3-5,8,15H2,1-2H3,(H3,16,18,19,20)/t14-/m1/s1. The Morgan fingerprint density at radius 3 is 2.76 bits per heavy atom. The van der Waals surface area contributed by atoms with Gasteiger partial charge < -0.3 is 21.9 Å². The number of hydrogen-bond donors (Lipinski definition) is 4. The largest absolute Gasteiger partial charge is 0.397 e. The van der Waals surface area contributed by atoms with Crippen molar-refractivity contribution < 1.29 is 5.11 Å². The van der Waals surface area contributed by atoms with Crippen LogP contribution in [0.3, 0.4) is 0 Å². The number of aromatic nitrogens is 3. The quantitative estimate of drug-likeness (QED) is 0.636. The SMILES string of the molecule is CCCC[C@](C)(CO)Nc1nc(N)nc2cc(N)cnc12. The monoisotopic (exact) mass is 290 g/mol. The average Bonchev–Trinajstić information content (AvgIpc) is 2.44. The van der Waals surface area contributed by atoms with E-state index in [1.165, 1.54) is 0 Å². The summed E-state index contributed by atoms with van der Waals surface area (Å²) in [5.74, 6) is 0.665. The van der Waals surface area contributed by atoms with E-state index in [-0.39, 0.29) is 12.6 Å². The molecule has 0 spiro atoms. The molecular weight excluding hydrogens is 268 g/mol. The number of nitrogens with one attached hydrogen (secondary N) is 1. The van der Waals surface area contributed by atoms with Gasteiger partial charge in [0.05, 0.1) is 29.5 Å². The lowest BCUT2D eigenvalue weighted by Gasteiger charge is -2.29. The molecule has 2 aromatic heterocycles. The van der Waals surface area contributed by atoms with E-state index in [1.54, 1.807) is 12.3 Å². The Balaban J connectivity index is 2.41. The minimum absolute atomic E-state index is 0.00657. The molecule has 6 N–H and O–H groups in total. The third-order valence-corrected chi connectivity index (χ3v) is 3.43. The molecule has 7 nitrogen and oxygen atoms in total. The molecule has 0 radical (unpaired) electrons. The highest BCUT2D eigenvalue weighted by molar-refractivity contribution is 5.87. The maximum atomic E-state index is 9.68. The molecule has 21 heavy (non-hydrogen) atoms. The smallest absolute Gasteiger partial charge is 0.222 e. The van der Waals surface area contributed by atoms with E-state index >= 15 is 0 Å². The van der Waals surface area contributed by atoms with Gasteiger partial charge in [0.1, 0.15) is 5.52 Å². The van der Waals surface area contributed by atoms with Crippen LogP contribution in [0.15, 0.2) is 12.3 Å². The van der Waals surface area contributed by atoms with Crippen LogP contribution in [0.2, 0.25) is 0 Å². The van der Waals surface area contributed by atoms with E-state index in [0.29, 0.717) is 22.5 Å². The van der Waals surface area contributed by atoms with Crippen LogP contribution in [-0.4, -0.2) is 32.2 Å². The van der Waals surface area contributed by atoms with Crippen LogP contribution in [0.25, 0.3) is 11.0 Å². The summed E-state index contributed by atoms with van der Waals surface area (Å²) < 4.78 is 0. The fourth-order valence-corrected chi connectivity index (χ4v) is 2.17. The lowest BCUT2D eigenvalue weighted by Crippen LogP contribution is -2.39. The molecule has 0 aliphatic heterocycles. The van der Waals surface area contributed by atoms with E-state index < -0.39 is 5.54 Å². The molecule has 0 aliphatic rings. The first-order chi connectivity index (χ1) is 9.97. The number of rotatable bonds is 6. The highest BCUT2D eigenvalue weighted by Gasteiger charge is 2.24. The Bertz CT molecular complexity index is 627. The predicted molar refractivity (Wildman–Crippen MR) is 84.8 cm³/mol. The lowest BCUT2D eigenvalue weighted by molar-refractivity contribution is 0.212. The molecule has 0 aromatic carbocycles. The number of nitrogens with zero attached hydrogens (tertiary/aromatic N) is 3. The molecule has 0 aliphatic carbocycles. The van der Waals surface area contributed by atoms with Crippen LogP contribution in [0.5, 0.6) is 0 Å². The molecule has 0 unspecified atom stereocenters. The van der Waals surface area contributed by atoms with Gasteiger partial charge in [-0.25, -0.2) is 9.97 Å². The summed E-state index contributed by atoms with van der Waals surface area (Å²) in [6.07, 6.45) is 4.43. The van der Waals surface area contributed by atoms with Gasteiger partial charge in [0.15, 0.2) is 5.82 Å². The van der Waals surface area contributed by atoms with Gasteiger partial charge in [-0.3, -0.25) is 0 Å². The van der Waals surface area contributed by atoms with Crippen molar-refractivity contribution in [1.82, 2.24) is 15.0 Å². The van der Waals surface area contributed by atoms with E-state index in [4.69, 9.17) is 11.5 Å². The summed E-state index contributed by atoms with van der Waals surface area (Å²) in [5.41, 5.74) is 12.7. The molecule has 0 bridgehead atoms. The van der Waals surface area contributed by atoms with E-state index in [9.17, 15) is 5.11 Å². The number of nitrogen functional groups attached to an aromatic ring is 2. The van der Waals surface area contributed by atoms with Crippen molar-refractivity contribution in [2.45, 2.75) is 38.6 Å². The first kappa shape index (κ1) is 15.2. The zero-order valence-electron chi connectivity index (χ0n) is 12.4. The lowest BCUT2D eigenvalue weighted by atomic mass is 9.96.